The smallest absolute Gasteiger partial charge is 0.168 e. The number of nitrogen functional groups attached to an aromatic ring is 1. The van der Waals surface area contributed by atoms with E-state index >= 15 is 0 Å². The largest absolute Gasteiger partial charge is 0.397 e. The van der Waals surface area contributed by atoms with Gasteiger partial charge >= 0.3 is 0 Å². The van der Waals surface area contributed by atoms with Gasteiger partial charge in [0.25, 0.3) is 0 Å². The van der Waals surface area contributed by atoms with Crippen LogP contribution in [-0.4, -0.2) is 18.0 Å². The molecule has 1 aromatic heterocycles. The molecule has 0 unspecified atom stereocenters. The summed E-state index contributed by atoms with van der Waals surface area (Å²) in [5.74, 6) is 1.49. The minimum absolute atomic E-state index is 0.241. The number of nitrogens with zero attached hydrogens (tertiary/aromatic N) is 2. The van der Waals surface area contributed by atoms with Gasteiger partial charge in [0.15, 0.2) is 10.7 Å². The van der Waals surface area contributed by atoms with Crippen LogP contribution >= 0.6 is 0 Å². The predicted molar refractivity (Wildman–Crippen MR) is 82.4 cm³/mol. The third kappa shape index (κ3) is 2.81. The summed E-state index contributed by atoms with van der Waals surface area (Å²) >= 11 is 0. The van der Waals surface area contributed by atoms with Gasteiger partial charge in [0.05, 0.1) is 16.3 Å². The second kappa shape index (κ2) is 5.89. The van der Waals surface area contributed by atoms with Crippen molar-refractivity contribution < 1.29 is 8.42 Å². The fourth-order valence-electron chi connectivity index (χ4n) is 3.06. The third-order valence-corrected chi connectivity index (χ3v) is 4.82. The maximum atomic E-state index is 11.0. The number of anilines is 1. The number of hydrogen-bond donors (Lipinski definition) is 2. The van der Waals surface area contributed by atoms with Gasteiger partial charge in [-0.05, 0) is 31.0 Å². The van der Waals surface area contributed by atoms with Crippen LogP contribution in [0, 0.1) is 0 Å². The van der Waals surface area contributed by atoms with E-state index in [1.165, 1.54) is 25.3 Å². The van der Waals surface area contributed by atoms with Gasteiger partial charge in [0.2, 0.25) is 0 Å². The Hall–Kier alpha value is -1.82. The SMILES string of the molecule is Nc1cc([SH](=O)=O)ccc1-n1ccnc1C1CCCCC1. The van der Waals surface area contributed by atoms with Crippen molar-refractivity contribution in [1.29, 1.82) is 0 Å². The molecule has 21 heavy (non-hydrogen) atoms. The summed E-state index contributed by atoms with van der Waals surface area (Å²) < 4.78 is 24.0. The molecule has 6 heteroatoms. The minimum Gasteiger partial charge on any atom is -0.397 e. The Bertz CT molecular complexity index is 707. The lowest BCUT2D eigenvalue weighted by Gasteiger charge is -2.22. The molecule has 1 saturated carbocycles. The first-order valence-electron chi connectivity index (χ1n) is 7.24. The van der Waals surface area contributed by atoms with Crippen molar-refractivity contribution in [2.24, 2.45) is 0 Å². The van der Waals surface area contributed by atoms with Crippen LogP contribution in [0.4, 0.5) is 5.69 Å². The van der Waals surface area contributed by atoms with Crippen LogP contribution in [0.15, 0.2) is 35.5 Å². The van der Waals surface area contributed by atoms with Crippen molar-refractivity contribution in [2.75, 3.05) is 5.73 Å². The Morgan fingerprint density at radius 2 is 1.95 bits per heavy atom. The zero-order chi connectivity index (χ0) is 14.8. The van der Waals surface area contributed by atoms with Gasteiger partial charge in [0, 0.05) is 18.3 Å². The van der Waals surface area contributed by atoms with E-state index < -0.39 is 10.7 Å². The molecule has 2 N–H and O–H groups in total. The quantitative estimate of drug-likeness (QED) is 0.674. The Kier molecular flexibility index (Phi) is 3.96. The Morgan fingerprint density at radius 3 is 2.62 bits per heavy atom. The van der Waals surface area contributed by atoms with E-state index in [1.807, 2.05) is 10.8 Å². The van der Waals surface area contributed by atoms with Crippen molar-refractivity contribution in [2.45, 2.75) is 42.9 Å². The van der Waals surface area contributed by atoms with Gasteiger partial charge in [-0.1, -0.05) is 19.3 Å². The Morgan fingerprint density at radius 1 is 1.19 bits per heavy atom. The number of benzene rings is 1. The molecule has 0 aliphatic heterocycles. The molecule has 0 radical (unpaired) electrons. The lowest BCUT2D eigenvalue weighted by atomic mass is 9.88. The van der Waals surface area contributed by atoms with E-state index in [9.17, 15) is 8.42 Å². The zero-order valence-electron chi connectivity index (χ0n) is 11.7. The zero-order valence-corrected chi connectivity index (χ0v) is 12.6. The highest BCUT2D eigenvalue weighted by Crippen LogP contribution is 2.33. The van der Waals surface area contributed by atoms with E-state index in [1.54, 1.807) is 18.3 Å². The fourth-order valence-corrected chi connectivity index (χ4v) is 3.50. The highest BCUT2D eigenvalue weighted by atomic mass is 32.2. The monoisotopic (exact) mass is 305 g/mol. The molecule has 2 aromatic rings. The highest BCUT2D eigenvalue weighted by Gasteiger charge is 2.21. The van der Waals surface area contributed by atoms with E-state index in [-0.39, 0.29) is 4.90 Å². The highest BCUT2D eigenvalue weighted by molar-refractivity contribution is 7.72. The first-order valence-corrected chi connectivity index (χ1v) is 8.42. The number of rotatable bonds is 3. The van der Waals surface area contributed by atoms with Crippen LogP contribution in [0.25, 0.3) is 5.69 Å². The van der Waals surface area contributed by atoms with Crippen LogP contribution in [0.5, 0.6) is 0 Å². The molecule has 3 rings (SSSR count). The predicted octanol–water partition coefficient (Wildman–Crippen LogP) is 2.47. The molecule has 1 aliphatic carbocycles. The molecule has 0 atom stereocenters. The second-order valence-corrected chi connectivity index (χ2v) is 6.52. The van der Waals surface area contributed by atoms with E-state index in [2.05, 4.69) is 4.98 Å². The number of nitrogens with two attached hydrogens (primary N) is 1. The Balaban J connectivity index is 1.99. The molecular weight excluding hydrogens is 286 g/mol. The summed E-state index contributed by atoms with van der Waals surface area (Å²) in [6.45, 7) is 0. The summed E-state index contributed by atoms with van der Waals surface area (Å²) in [5, 5.41) is 0. The van der Waals surface area contributed by atoms with Crippen LogP contribution in [-0.2, 0) is 10.7 Å². The van der Waals surface area contributed by atoms with E-state index in [0.29, 0.717) is 11.6 Å². The average molecular weight is 305 g/mol. The summed E-state index contributed by atoms with van der Waals surface area (Å²) in [5.41, 5.74) is 7.29. The van der Waals surface area contributed by atoms with Gasteiger partial charge in [-0.15, -0.1) is 0 Å². The number of thiol groups is 1. The molecule has 1 aliphatic rings. The van der Waals surface area contributed by atoms with Crippen LogP contribution in [0.3, 0.4) is 0 Å². The van der Waals surface area contributed by atoms with Crippen molar-refractivity contribution >= 4 is 16.4 Å². The molecule has 0 amide bonds. The van der Waals surface area contributed by atoms with Gasteiger partial charge in [-0.3, -0.25) is 0 Å². The summed E-state index contributed by atoms with van der Waals surface area (Å²) in [7, 11) is -2.61. The van der Waals surface area contributed by atoms with Gasteiger partial charge in [-0.2, -0.15) is 0 Å². The number of hydrogen-bond acceptors (Lipinski definition) is 4. The fraction of sp³-hybridized carbons (Fsp3) is 0.400. The Labute approximate surface area is 125 Å². The summed E-state index contributed by atoms with van der Waals surface area (Å²) in [6.07, 6.45) is 9.76. The van der Waals surface area contributed by atoms with Crippen molar-refractivity contribution in [3.8, 4) is 5.69 Å². The van der Waals surface area contributed by atoms with E-state index in [4.69, 9.17) is 5.73 Å². The van der Waals surface area contributed by atoms with Crippen molar-refractivity contribution in [3.63, 3.8) is 0 Å². The van der Waals surface area contributed by atoms with Gasteiger partial charge < -0.3 is 10.3 Å². The van der Waals surface area contributed by atoms with Crippen LogP contribution in [0.2, 0.25) is 0 Å². The molecule has 112 valence electrons. The number of aromatic nitrogens is 2. The maximum absolute atomic E-state index is 11.0. The summed E-state index contributed by atoms with van der Waals surface area (Å²) in [4.78, 5) is 4.74. The molecule has 1 heterocycles. The third-order valence-electron chi connectivity index (χ3n) is 4.12. The molecule has 0 saturated heterocycles. The first kappa shape index (κ1) is 14.1. The molecule has 1 fully saturated rings. The van der Waals surface area contributed by atoms with Crippen LogP contribution < -0.4 is 5.73 Å². The lowest BCUT2D eigenvalue weighted by molar-refractivity contribution is 0.425. The standard InChI is InChI=1S/C15H19N3O2S/c16-13-10-12(21(19)20)6-7-14(13)18-9-8-17-15(18)11-4-2-1-3-5-11/h6-11,21H,1-5,16H2. The van der Waals surface area contributed by atoms with E-state index in [0.717, 1.165) is 24.4 Å². The lowest BCUT2D eigenvalue weighted by Crippen LogP contribution is -2.12. The average Bonchev–Trinajstić information content (AvgIpc) is 2.97. The van der Waals surface area contributed by atoms with Gasteiger partial charge in [-0.25, -0.2) is 13.4 Å². The summed E-state index contributed by atoms with van der Waals surface area (Å²) in [6, 6.07) is 4.84. The molecule has 0 bridgehead atoms. The molecule has 0 spiro atoms. The minimum atomic E-state index is -2.61. The van der Waals surface area contributed by atoms with Gasteiger partial charge in [0.1, 0.15) is 5.82 Å². The molecule has 1 aromatic carbocycles. The van der Waals surface area contributed by atoms with Crippen molar-refractivity contribution in [3.05, 3.63) is 36.4 Å². The van der Waals surface area contributed by atoms with Crippen molar-refractivity contribution in [1.82, 2.24) is 9.55 Å². The number of imidazole rings is 1. The normalized spacial score (nSPS) is 16.4. The molecule has 5 nitrogen and oxygen atoms in total. The maximum Gasteiger partial charge on any atom is 0.168 e. The van der Waals surface area contributed by atoms with Crippen LogP contribution in [0.1, 0.15) is 43.8 Å². The first-order chi connectivity index (χ1) is 10.2. The molecular formula is C15H19N3O2S. The second-order valence-electron chi connectivity index (χ2n) is 5.49. The topological polar surface area (TPSA) is 78.0 Å².